The third-order valence-corrected chi connectivity index (χ3v) is 8.49. The summed E-state index contributed by atoms with van der Waals surface area (Å²) in [4.78, 5) is 27.7. The summed E-state index contributed by atoms with van der Waals surface area (Å²) in [5.41, 5.74) is 1.75. The maximum absolute atomic E-state index is 12.7. The fourth-order valence-electron chi connectivity index (χ4n) is 4.08. The number of nitrogens with one attached hydrogen (secondary N) is 2. The normalized spacial score (nSPS) is 21.7. The Labute approximate surface area is 181 Å². The van der Waals surface area contributed by atoms with Crippen molar-refractivity contribution in [3.8, 4) is 0 Å². The lowest BCUT2D eigenvalue weighted by Crippen LogP contribution is -2.43. The van der Waals surface area contributed by atoms with Crippen LogP contribution in [0.3, 0.4) is 0 Å². The number of sulfonamides is 1. The minimum atomic E-state index is -3.67. The van der Waals surface area contributed by atoms with Gasteiger partial charge >= 0.3 is 0 Å². The van der Waals surface area contributed by atoms with Crippen LogP contribution in [0.5, 0.6) is 0 Å². The van der Waals surface area contributed by atoms with Gasteiger partial charge in [-0.1, -0.05) is 11.6 Å². The highest BCUT2D eigenvalue weighted by Gasteiger charge is 2.37. The smallest absolute Gasteiger partial charge is 0.247 e. The molecule has 0 aromatic heterocycles. The van der Waals surface area contributed by atoms with Crippen LogP contribution >= 0.6 is 11.8 Å². The van der Waals surface area contributed by atoms with Crippen LogP contribution in [-0.4, -0.2) is 50.0 Å². The summed E-state index contributed by atoms with van der Waals surface area (Å²) in [5, 5.41) is 1.91. The molecule has 2 heterocycles. The number of allylic oxidation sites excluding steroid dienone is 1. The SMILES string of the molecule is O=C1Nc2cc(S(=O)(=O)NCCC3=CCCCC3)ccc2S[C@H]1C(=O)N1CCCC1. The average Bonchev–Trinajstić information content (AvgIpc) is 3.28. The minimum Gasteiger partial charge on any atom is -0.341 e. The van der Waals surface area contributed by atoms with Crippen LogP contribution < -0.4 is 10.0 Å². The van der Waals surface area contributed by atoms with Gasteiger partial charge in [0.25, 0.3) is 0 Å². The number of benzene rings is 1. The second-order valence-electron chi connectivity index (χ2n) is 7.93. The molecule has 2 amide bonds. The van der Waals surface area contributed by atoms with Crippen LogP contribution in [-0.2, 0) is 19.6 Å². The predicted octanol–water partition coefficient (Wildman–Crippen LogP) is 2.89. The van der Waals surface area contributed by atoms with Crippen molar-refractivity contribution >= 4 is 39.3 Å². The molecule has 2 aliphatic heterocycles. The molecule has 162 valence electrons. The predicted molar refractivity (Wildman–Crippen MR) is 117 cm³/mol. The van der Waals surface area contributed by atoms with Crippen molar-refractivity contribution in [3.05, 3.63) is 29.8 Å². The quantitative estimate of drug-likeness (QED) is 0.514. The van der Waals surface area contributed by atoms with E-state index in [1.54, 1.807) is 11.0 Å². The van der Waals surface area contributed by atoms with E-state index in [1.165, 1.54) is 42.3 Å². The third kappa shape index (κ3) is 4.73. The van der Waals surface area contributed by atoms with Gasteiger partial charge in [0.1, 0.15) is 0 Å². The van der Waals surface area contributed by atoms with Crippen molar-refractivity contribution in [2.24, 2.45) is 0 Å². The maximum atomic E-state index is 12.7. The lowest BCUT2D eigenvalue weighted by molar-refractivity contribution is -0.133. The third-order valence-electron chi connectivity index (χ3n) is 5.77. The molecule has 0 unspecified atom stereocenters. The molecule has 30 heavy (non-hydrogen) atoms. The fourth-order valence-corrected chi connectivity index (χ4v) is 6.19. The highest BCUT2D eigenvalue weighted by molar-refractivity contribution is 8.01. The summed E-state index contributed by atoms with van der Waals surface area (Å²) in [7, 11) is -3.67. The van der Waals surface area contributed by atoms with Crippen molar-refractivity contribution in [2.45, 2.75) is 60.0 Å². The first-order valence-electron chi connectivity index (χ1n) is 10.5. The summed E-state index contributed by atoms with van der Waals surface area (Å²) in [5.74, 6) is -0.563. The second-order valence-corrected chi connectivity index (χ2v) is 10.8. The molecule has 1 aromatic rings. The van der Waals surface area contributed by atoms with Gasteiger partial charge in [-0.3, -0.25) is 9.59 Å². The van der Waals surface area contributed by atoms with Crippen molar-refractivity contribution in [3.63, 3.8) is 0 Å². The van der Waals surface area contributed by atoms with Crippen molar-refractivity contribution < 1.29 is 18.0 Å². The minimum absolute atomic E-state index is 0.115. The number of carbonyl (C=O) groups is 2. The Morgan fingerprint density at radius 2 is 2.00 bits per heavy atom. The van der Waals surface area contributed by atoms with Gasteiger partial charge in [0.05, 0.1) is 10.6 Å². The Hall–Kier alpha value is -1.84. The van der Waals surface area contributed by atoms with Gasteiger partial charge in [-0.2, -0.15) is 0 Å². The fraction of sp³-hybridized carbons (Fsp3) is 0.524. The van der Waals surface area contributed by atoms with Crippen LogP contribution in [0.4, 0.5) is 5.69 Å². The van der Waals surface area contributed by atoms with Gasteiger partial charge < -0.3 is 10.2 Å². The van der Waals surface area contributed by atoms with Crippen molar-refractivity contribution in [1.82, 2.24) is 9.62 Å². The second kappa shape index (κ2) is 9.11. The van der Waals surface area contributed by atoms with E-state index in [0.29, 0.717) is 30.2 Å². The summed E-state index contributed by atoms with van der Waals surface area (Å²) < 4.78 is 28.0. The standard InChI is InChI=1S/C21H27N3O4S2/c25-20-19(21(26)24-12-4-5-13-24)29-18-9-8-16(14-17(18)23-20)30(27,28)22-11-10-15-6-2-1-3-7-15/h6,8-9,14,19,22H,1-5,7,10-13H2,(H,23,25)/t19-/m1/s1. The number of fused-ring (bicyclic) bond motifs is 1. The summed E-state index contributed by atoms with van der Waals surface area (Å²) in [6, 6.07) is 4.67. The van der Waals surface area contributed by atoms with Crippen LogP contribution in [0.1, 0.15) is 44.9 Å². The number of likely N-dealkylation sites (tertiary alicyclic amines) is 1. The van der Waals surface area contributed by atoms with E-state index in [0.717, 1.165) is 32.1 Å². The highest BCUT2D eigenvalue weighted by Crippen LogP contribution is 2.38. The van der Waals surface area contributed by atoms with Gasteiger partial charge in [-0.05, 0) is 63.1 Å². The van der Waals surface area contributed by atoms with Crippen LogP contribution in [0.25, 0.3) is 0 Å². The van der Waals surface area contributed by atoms with E-state index in [9.17, 15) is 18.0 Å². The number of thioether (sulfide) groups is 1. The molecule has 4 rings (SSSR count). The van der Waals surface area contributed by atoms with E-state index >= 15 is 0 Å². The first kappa shape index (κ1) is 21.4. The zero-order valence-electron chi connectivity index (χ0n) is 16.9. The van der Waals surface area contributed by atoms with Crippen molar-refractivity contribution in [2.75, 3.05) is 25.0 Å². The Balaban J connectivity index is 1.42. The zero-order valence-corrected chi connectivity index (χ0v) is 18.5. The zero-order chi connectivity index (χ0) is 21.1. The molecular weight excluding hydrogens is 422 g/mol. The first-order chi connectivity index (χ1) is 14.4. The Kier molecular flexibility index (Phi) is 6.50. The number of carbonyl (C=O) groups excluding carboxylic acids is 2. The number of rotatable bonds is 6. The van der Waals surface area contributed by atoms with Gasteiger partial charge in [0, 0.05) is 24.5 Å². The van der Waals surface area contributed by atoms with Crippen LogP contribution in [0.15, 0.2) is 39.6 Å². The van der Waals surface area contributed by atoms with Gasteiger partial charge in [-0.15, -0.1) is 11.8 Å². The van der Waals surface area contributed by atoms with Crippen LogP contribution in [0.2, 0.25) is 0 Å². The molecule has 7 nitrogen and oxygen atoms in total. The first-order valence-corrected chi connectivity index (χ1v) is 12.9. The van der Waals surface area contributed by atoms with E-state index in [4.69, 9.17) is 0 Å². The number of anilines is 1. The molecule has 1 saturated heterocycles. The molecule has 3 aliphatic rings. The molecule has 9 heteroatoms. The summed E-state index contributed by atoms with van der Waals surface area (Å²) in [6.07, 6.45) is 9.35. The molecule has 1 aromatic carbocycles. The lowest BCUT2D eigenvalue weighted by atomic mass is 9.97. The number of hydrogen-bond donors (Lipinski definition) is 2. The molecule has 1 fully saturated rings. The average molecular weight is 450 g/mol. The van der Waals surface area contributed by atoms with E-state index in [2.05, 4.69) is 16.1 Å². The summed E-state index contributed by atoms with van der Waals surface area (Å²) >= 11 is 1.19. The molecule has 0 bridgehead atoms. The Morgan fingerprint density at radius 1 is 1.20 bits per heavy atom. The summed E-state index contributed by atoms with van der Waals surface area (Å²) in [6.45, 7) is 1.74. The van der Waals surface area contributed by atoms with Gasteiger partial charge in [0.2, 0.25) is 21.8 Å². The lowest BCUT2D eigenvalue weighted by Gasteiger charge is -2.27. The monoisotopic (exact) mass is 449 g/mol. The van der Waals surface area contributed by atoms with Crippen molar-refractivity contribution in [1.29, 1.82) is 0 Å². The molecular formula is C21H27N3O4S2. The van der Waals surface area contributed by atoms with Gasteiger partial charge in [0.15, 0.2) is 5.25 Å². The number of amides is 2. The van der Waals surface area contributed by atoms with E-state index in [-0.39, 0.29) is 10.8 Å². The topological polar surface area (TPSA) is 95.6 Å². The number of nitrogens with zero attached hydrogens (tertiary/aromatic N) is 1. The molecule has 0 spiro atoms. The largest absolute Gasteiger partial charge is 0.341 e. The molecule has 0 saturated carbocycles. The van der Waals surface area contributed by atoms with Crippen LogP contribution in [0, 0.1) is 0 Å². The van der Waals surface area contributed by atoms with Gasteiger partial charge in [-0.25, -0.2) is 13.1 Å². The Bertz CT molecular complexity index is 968. The van der Waals surface area contributed by atoms with E-state index < -0.39 is 21.2 Å². The van der Waals surface area contributed by atoms with E-state index in [1.807, 2.05) is 0 Å². The molecule has 1 atom stereocenters. The number of hydrogen-bond acceptors (Lipinski definition) is 5. The maximum Gasteiger partial charge on any atom is 0.247 e. The molecule has 2 N–H and O–H groups in total. The Morgan fingerprint density at radius 3 is 2.73 bits per heavy atom. The molecule has 0 radical (unpaired) electrons. The molecule has 1 aliphatic carbocycles. The highest BCUT2D eigenvalue weighted by atomic mass is 32.2.